The molecule has 8 nitrogen and oxygen atoms in total. The van der Waals surface area contributed by atoms with Crippen LogP contribution < -0.4 is 11.3 Å². The van der Waals surface area contributed by atoms with E-state index in [9.17, 15) is 0 Å². The number of anilines is 1. The van der Waals surface area contributed by atoms with Crippen LogP contribution >= 0.6 is 11.6 Å². The highest BCUT2D eigenvalue weighted by Gasteiger charge is 2.18. The van der Waals surface area contributed by atoms with Crippen molar-refractivity contribution in [2.24, 2.45) is 5.84 Å². The van der Waals surface area contributed by atoms with Crippen LogP contribution in [0.4, 0.5) is 5.82 Å². The minimum absolute atomic E-state index is 0. The van der Waals surface area contributed by atoms with Gasteiger partial charge in [-0.25, -0.2) is 25.8 Å². The van der Waals surface area contributed by atoms with E-state index in [1.165, 1.54) is 10.8 Å². The van der Waals surface area contributed by atoms with Crippen LogP contribution in [0.1, 0.15) is 19.1 Å². The molecule has 50 heavy (non-hydrogen) atoms. The maximum atomic E-state index is 6.50. The van der Waals surface area contributed by atoms with E-state index in [2.05, 4.69) is 96.0 Å². The number of nitrogen functional groups attached to an aromatic ring is 1. The van der Waals surface area contributed by atoms with Gasteiger partial charge in [0.25, 0.3) is 0 Å². The van der Waals surface area contributed by atoms with Crippen molar-refractivity contribution in [3.8, 4) is 44.8 Å². The molecule has 0 bridgehead atoms. The Labute approximate surface area is 296 Å². The van der Waals surface area contributed by atoms with Gasteiger partial charge < -0.3 is 5.43 Å². The fourth-order valence-electron chi connectivity index (χ4n) is 5.87. The lowest BCUT2D eigenvalue weighted by atomic mass is 9.97. The zero-order valence-corrected chi connectivity index (χ0v) is 27.6. The van der Waals surface area contributed by atoms with Crippen LogP contribution in [0, 0.1) is 13.8 Å². The monoisotopic (exact) mass is 674 g/mol. The summed E-state index contributed by atoms with van der Waals surface area (Å²) in [6.07, 6.45) is 7.02. The van der Waals surface area contributed by atoms with Gasteiger partial charge in [-0.1, -0.05) is 91.8 Å². The Morgan fingerprint density at radius 2 is 0.940 bits per heavy atom. The summed E-state index contributed by atoms with van der Waals surface area (Å²) in [5.74, 6) is 7.68. The third-order valence-corrected chi connectivity index (χ3v) is 8.39. The third-order valence-electron chi connectivity index (χ3n) is 8.12. The molecule has 8 aromatic rings. The van der Waals surface area contributed by atoms with Gasteiger partial charge in [-0.05, 0) is 82.9 Å². The largest absolute Gasteiger partial charge is 0.308 e. The number of aryl methyl sites for hydroxylation is 2. The summed E-state index contributed by atoms with van der Waals surface area (Å²) in [7, 11) is 0. The summed E-state index contributed by atoms with van der Waals surface area (Å²) in [5, 5.41) is 5.16. The Bertz CT molecular complexity index is 2420. The lowest BCUT2D eigenvalue weighted by Crippen LogP contribution is -2.12. The molecule has 4 aromatic heterocycles. The van der Waals surface area contributed by atoms with E-state index in [0.717, 1.165) is 55.5 Å². The first-order valence-corrected chi connectivity index (χ1v) is 16.0. The molecule has 0 unspecified atom stereocenters. The molecule has 0 amide bonds. The molecule has 0 fully saturated rings. The molecule has 9 heteroatoms. The molecule has 0 radical (unpaired) electrons. The average Bonchev–Trinajstić information content (AvgIpc) is 3.14. The van der Waals surface area contributed by atoms with Crippen LogP contribution in [-0.2, 0) is 0 Å². The minimum Gasteiger partial charge on any atom is -0.308 e. The molecule has 0 atom stereocenters. The number of aromatic nitrogens is 6. The Balaban J connectivity index is 0.000000170. The summed E-state index contributed by atoms with van der Waals surface area (Å²) >= 11 is 6.50. The summed E-state index contributed by atoms with van der Waals surface area (Å²) in [6, 6.07) is 36.8. The van der Waals surface area contributed by atoms with E-state index in [-0.39, 0.29) is 7.43 Å². The van der Waals surface area contributed by atoms with E-state index in [1.807, 2.05) is 62.4 Å². The first-order chi connectivity index (χ1) is 24.0. The Kier molecular flexibility index (Phi) is 10.1. The van der Waals surface area contributed by atoms with E-state index in [4.69, 9.17) is 17.4 Å². The normalized spacial score (nSPS) is 10.6. The van der Waals surface area contributed by atoms with Gasteiger partial charge in [0.2, 0.25) is 0 Å². The molecular weight excluding hydrogens is 640 g/mol. The molecule has 3 N–H and O–H groups in total. The van der Waals surface area contributed by atoms with Gasteiger partial charge in [-0.15, -0.1) is 0 Å². The molecule has 0 saturated heterocycles. The number of fused-ring (bicyclic) bond motifs is 2. The van der Waals surface area contributed by atoms with Crippen molar-refractivity contribution in [3.05, 3.63) is 151 Å². The van der Waals surface area contributed by atoms with E-state index in [0.29, 0.717) is 22.6 Å². The molecule has 0 aliphatic carbocycles. The zero-order valence-electron chi connectivity index (χ0n) is 26.8. The van der Waals surface area contributed by atoms with E-state index < -0.39 is 0 Å². The maximum absolute atomic E-state index is 6.50. The zero-order chi connectivity index (χ0) is 33.7. The molecule has 0 spiro atoms. The van der Waals surface area contributed by atoms with Crippen molar-refractivity contribution >= 4 is 39.0 Å². The molecule has 246 valence electrons. The molecule has 0 aliphatic heterocycles. The number of pyridine rings is 2. The first kappa shape index (κ1) is 33.8. The molecule has 4 heterocycles. The van der Waals surface area contributed by atoms with Crippen molar-refractivity contribution in [1.82, 2.24) is 29.9 Å². The number of benzene rings is 4. The van der Waals surface area contributed by atoms with Gasteiger partial charge in [0.1, 0.15) is 16.8 Å². The fraction of sp³-hybridized carbons (Fsp3) is 0.0732. The number of nitrogens with zero attached hydrogens (tertiary/aromatic N) is 6. The highest BCUT2D eigenvalue weighted by Crippen LogP contribution is 2.38. The highest BCUT2D eigenvalue weighted by atomic mass is 35.5. The van der Waals surface area contributed by atoms with Gasteiger partial charge >= 0.3 is 0 Å². The summed E-state index contributed by atoms with van der Waals surface area (Å²) in [6.45, 7) is 3.70. The van der Waals surface area contributed by atoms with Crippen LogP contribution in [0.2, 0.25) is 5.15 Å². The number of rotatable bonds is 5. The molecule has 4 aromatic carbocycles. The third kappa shape index (κ3) is 7.03. The molecule has 0 aliphatic rings. The SMILES string of the molecule is C.Cc1nc(Cl)c(-c2ccc3ccccc3c2)c(-c2ccncc2)n1.Cc1nc(NN)c(-c2ccc3ccccc3c2)c(-c2ccncc2)n1. The smallest absolute Gasteiger partial charge is 0.152 e. The maximum Gasteiger partial charge on any atom is 0.152 e. The first-order valence-electron chi connectivity index (χ1n) is 15.7. The van der Waals surface area contributed by atoms with Gasteiger partial charge in [-0.3, -0.25) is 9.97 Å². The number of hydrazine groups is 1. The summed E-state index contributed by atoms with van der Waals surface area (Å²) in [4.78, 5) is 26.3. The van der Waals surface area contributed by atoms with Gasteiger partial charge in [0, 0.05) is 41.5 Å². The second-order valence-electron chi connectivity index (χ2n) is 11.4. The Morgan fingerprint density at radius 1 is 0.500 bits per heavy atom. The highest BCUT2D eigenvalue weighted by molar-refractivity contribution is 6.32. The van der Waals surface area contributed by atoms with Gasteiger partial charge in [-0.2, -0.15) is 0 Å². The Hall–Kier alpha value is -6.09. The van der Waals surface area contributed by atoms with Crippen molar-refractivity contribution in [3.63, 3.8) is 0 Å². The van der Waals surface area contributed by atoms with Crippen molar-refractivity contribution in [2.75, 3.05) is 5.43 Å². The van der Waals surface area contributed by atoms with Crippen LogP contribution in [0.3, 0.4) is 0 Å². The van der Waals surface area contributed by atoms with Crippen LogP contribution in [0.15, 0.2) is 134 Å². The van der Waals surface area contributed by atoms with Crippen molar-refractivity contribution < 1.29 is 0 Å². The standard InChI is InChI=1S/C20H14ClN3.C20H17N5.CH4/c1-13-23-19(15-8-10-22-11-9-15)18(20(21)24-13)17-7-6-14-4-2-3-5-16(14)12-17;1-13-23-19(15-8-10-22-11-9-15)18(20(24-13)25-21)17-7-6-14-4-2-3-5-16(14)12-17;/h2-12H,1H3;2-12H,21H2,1H3,(H,23,24,25);1H4. The van der Waals surface area contributed by atoms with E-state index in [1.54, 1.807) is 24.8 Å². The number of nitrogens with one attached hydrogen (secondary N) is 1. The summed E-state index contributed by atoms with van der Waals surface area (Å²) < 4.78 is 0. The number of nitrogens with two attached hydrogens (primary N) is 1. The van der Waals surface area contributed by atoms with Crippen LogP contribution in [0.5, 0.6) is 0 Å². The van der Waals surface area contributed by atoms with Crippen molar-refractivity contribution in [2.45, 2.75) is 21.3 Å². The second-order valence-corrected chi connectivity index (χ2v) is 11.7. The molecular formula is C41H35ClN8. The number of halogens is 1. The fourth-order valence-corrected chi connectivity index (χ4v) is 6.19. The number of hydrogen-bond acceptors (Lipinski definition) is 8. The number of hydrogen-bond donors (Lipinski definition) is 2. The molecule has 8 rings (SSSR count). The van der Waals surface area contributed by atoms with Crippen molar-refractivity contribution in [1.29, 1.82) is 0 Å². The topological polar surface area (TPSA) is 115 Å². The predicted octanol–water partition coefficient (Wildman–Crippen LogP) is 9.91. The lowest BCUT2D eigenvalue weighted by Gasteiger charge is -2.15. The molecule has 0 saturated carbocycles. The van der Waals surface area contributed by atoms with Crippen LogP contribution in [0.25, 0.3) is 66.3 Å². The average molecular weight is 675 g/mol. The Morgan fingerprint density at radius 3 is 1.44 bits per heavy atom. The van der Waals surface area contributed by atoms with Crippen LogP contribution in [-0.4, -0.2) is 29.9 Å². The van der Waals surface area contributed by atoms with E-state index >= 15 is 0 Å². The predicted molar refractivity (Wildman–Crippen MR) is 205 cm³/mol. The minimum atomic E-state index is 0. The quantitative estimate of drug-likeness (QED) is 0.105. The second kappa shape index (κ2) is 15.0. The summed E-state index contributed by atoms with van der Waals surface area (Å²) in [5.41, 5.74) is 10.1. The lowest BCUT2D eigenvalue weighted by molar-refractivity contribution is 1.05. The van der Waals surface area contributed by atoms with Gasteiger partial charge in [0.15, 0.2) is 5.82 Å². The van der Waals surface area contributed by atoms with Gasteiger partial charge in [0.05, 0.1) is 17.0 Å².